The van der Waals surface area contributed by atoms with Crippen LogP contribution in [0, 0.1) is 13.8 Å². The Labute approximate surface area is 159 Å². The first-order chi connectivity index (χ1) is 12.3. The third kappa shape index (κ3) is 3.68. The number of nitrogens with zero attached hydrogens (tertiary/aromatic N) is 3. The van der Waals surface area contributed by atoms with Gasteiger partial charge in [0.2, 0.25) is 5.28 Å². The number of halogens is 1. The zero-order valence-electron chi connectivity index (χ0n) is 15.9. The Hall–Kier alpha value is -2.14. The minimum absolute atomic E-state index is 0.0793. The Kier molecular flexibility index (Phi) is 5.19. The van der Waals surface area contributed by atoms with Gasteiger partial charge in [-0.15, -0.1) is 0 Å². The summed E-state index contributed by atoms with van der Waals surface area (Å²) >= 11 is 6.07. The van der Waals surface area contributed by atoms with Crippen molar-refractivity contribution in [3.05, 3.63) is 51.4 Å². The summed E-state index contributed by atoms with van der Waals surface area (Å²) in [6.07, 6.45) is 0.865. The van der Waals surface area contributed by atoms with Crippen LogP contribution >= 0.6 is 11.6 Å². The Morgan fingerprint density at radius 2 is 1.96 bits per heavy atom. The number of benzene rings is 1. The summed E-state index contributed by atoms with van der Waals surface area (Å²) in [7, 11) is 0. The van der Waals surface area contributed by atoms with Gasteiger partial charge in [0.25, 0.3) is 5.91 Å². The van der Waals surface area contributed by atoms with Crippen LogP contribution < -0.4 is 5.32 Å². The van der Waals surface area contributed by atoms with Crippen LogP contribution in [0.3, 0.4) is 0 Å². The fraction of sp³-hybridized carbons (Fsp3) is 0.450. The Morgan fingerprint density at radius 1 is 1.23 bits per heavy atom. The highest BCUT2D eigenvalue weighted by atomic mass is 35.5. The van der Waals surface area contributed by atoms with E-state index in [1.165, 1.54) is 16.7 Å². The maximum absolute atomic E-state index is 12.5. The number of anilines is 1. The van der Waals surface area contributed by atoms with Crippen LogP contribution in [0.25, 0.3) is 0 Å². The van der Waals surface area contributed by atoms with Crippen molar-refractivity contribution in [2.24, 2.45) is 0 Å². The van der Waals surface area contributed by atoms with E-state index in [0.29, 0.717) is 18.1 Å². The van der Waals surface area contributed by atoms with Gasteiger partial charge in [0.15, 0.2) is 0 Å². The van der Waals surface area contributed by atoms with E-state index in [4.69, 9.17) is 11.6 Å². The zero-order valence-corrected chi connectivity index (χ0v) is 16.7. The van der Waals surface area contributed by atoms with Crippen LogP contribution in [-0.2, 0) is 13.0 Å². The molecule has 0 aliphatic carbocycles. The maximum Gasteiger partial charge on any atom is 0.273 e. The first-order valence-electron chi connectivity index (χ1n) is 8.96. The van der Waals surface area contributed by atoms with Crippen LogP contribution in [-0.4, -0.2) is 32.9 Å². The van der Waals surface area contributed by atoms with Crippen LogP contribution in [0.5, 0.6) is 0 Å². The summed E-state index contributed by atoms with van der Waals surface area (Å²) < 4.78 is 0. The molecule has 0 saturated carbocycles. The molecule has 3 rings (SSSR count). The third-order valence-electron chi connectivity index (χ3n) is 4.80. The lowest BCUT2D eigenvalue weighted by molar-refractivity contribution is 0.0726. The minimum Gasteiger partial charge on any atom is -0.367 e. The number of fused-ring (bicyclic) bond motifs is 1. The first kappa shape index (κ1) is 18.6. The number of aromatic nitrogens is 2. The first-order valence-corrected chi connectivity index (χ1v) is 9.34. The van der Waals surface area contributed by atoms with Crippen molar-refractivity contribution >= 4 is 23.3 Å². The van der Waals surface area contributed by atoms with E-state index in [1.807, 2.05) is 13.8 Å². The summed E-state index contributed by atoms with van der Waals surface area (Å²) in [4.78, 5) is 22.9. The fourth-order valence-electron chi connectivity index (χ4n) is 3.39. The van der Waals surface area contributed by atoms with Crippen LogP contribution in [0.2, 0.25) is 5.28 Å². The second kappa shape index (κ2) is 7.23. The molecule has 0 fully saturated rings. The lowest BCUT2D eigenvalue weighted by Gasteiger charge is -2.20. The molecule has 1 aromatic carbocycles. The second-order valence-electron chi connectivity index (χ2n) is 7.37. The number of nitrogens with one attached hydrogen (secondary N) is 1. The van der Waals surface area contributed by atoms with Crippen molar-refractivity contribution in [2.75, 3.05) is 5.32 Å². The van der Waals surface area contributed by atoms with Crippen molar-refractivity contribution in [3.8, 4) is 0 Å². The average molecular weight is 373 g/mol. The molecule has 2 heterocycles. The molecule has 2 aromatic rings. The van der Waals surface area contributed by atoms with Gasteiger partial charge in [0.1, 0.15) is 11.5 Å². The Morgan fingerprint density at radius 3 is 2.62 bits per heavy atom. The van der Waals surface area contributed by atoms with Gasteiger partial charge >= 0.3 is 0 Å². The third-order valence-corrected chi connectivity index (χ3v) is 4.97. The highest BCUT2D eigenvalue weighted by Gasteiger charge is 2.34. The number of hydrogen-bond donors (Lipinski definition) is 1. The van der Waals surface area contributed by atoms with Crippen molar-refractivity contribution in [3.63, 3.8) is 0 Å². The molecule has 0 spiro atoms. The molecular weight excluding hydrogens is 348 g/mol. The number of rotatable bonds is 5. The van der Waals surface area contributed by atoms with E-state index in [9.17, 15) is 4.79 Å². The largest absolute Gasteiger partial charge is 0.367 e. The Balaban J connectivity index is 1.83. The van der Waals surface area contributed by atoms with Gasteiger partial charge in [-0.05, 0) is 63.8 Å². The van der Waals surface area contributed by atoms with Gasteiger partial charge in [0.05, 0.1) is 6.54 Å². The SMILES string of the molecule is Cc1ccc(CC(C)Nc2nc(Cl)nc3c2CN(C(C)C)C3=O)c(C)c1. The molecule has 1 amide bonds. The number of carbonyl (C=O) groups excluding carboxylic acids is 1. The normalized spacial score (nSPS) is 14.7. The van der Waals surface area contributed by atoms with Crippen LogP contribution in [0.15, 0.2) is 18.2 Å². The molecule has 1 aliphatic rings. The molecule has 0 bridgehead atoms. The van der Waals surface area contributed by atoms with E-state index in [0.717, 1.165) is 12.0 Å². The molecule has 6 heteroatoms. The quantitative estimate of drug-likeness (QED) is 0.801. The Bertz CT molecular complexity index is 850. The van der Waals surface area contributed by atoms with E-state index in [1.54, 1.807) is 4.90 Å². The summed E-state index contributed by atoms with van der Waals surface area (Å²) in [5.74, 6) is 0.582. The van der Waals surface area contributed by atoms with Gasteiger partial charge in [-0.1, -0.05) is 23.8 Å². The molecule has 1 aliphatic heterocycles. The predicted molar refractivity (Wildman–Crippen MR) is 105 cm³/mol. The monoisotopic (exact) mass is 372 g/mol. The van der Waals surface area contributed by atoms with E-state index >= 15 is 0 Å². The molecule has 1 atom stereocenters. The van der Waals surface area contributed by atoms with Gasteiger partial charge in [-0.25, -0.2) is 9.97 Å². The molecule has 1 aromatic heterocycles. The summed E-state index contributed by atoms with van der Waals surface area (Å²) in [5.41, 5.74) is 5.10. The number of aryl methyl sites for hydroxylation is 2. The highest BCUT2D eigenvalue weighted by Crippen LogP contribution is 2.30. The van der Waals surface area contributed by atoms with Crippen LogP contribution in [0.1, 0.15) is 53.5 Å². The number of amides is 1. The summed E-state index contributed by atoms with van der Waals surface area (Å²) in [6, 6.07) is 6.75. The second-order valence-corrected chi connectivity index (χ2v) is 7.71. The van der Waals surface area contributed by atoms with Gasteiger partial charge in [-0.3, -0.25) is 4.79 Å². The molecule has 1 N–H and O–H groups in total. The topological polar surface area (TPSA) is 58.1 Å². The zero-order chi connectivity index (χ0) is 19.0. The lowest BCUT2D eigenvalue weighted by Crippen LogP contribution is -2.31. The lowest BCUT2D eigenvalue weighted by atomic mass is 10.00. The highest BCUT2D eigenvalue weighted by molar-refractivity contribution is 6.28. The molecule has 26 heavy (non-hydrogen) atoms. The van der Waals surface area contributed by atoms with Gasteiger partial charge in [0, 0.05) is 17.6 Å². The molecule has 5 nitrogen and oxygen atoms in total. The number of hydrogen-bond acceptors (Lipinski definition) is 4. The van der Waals surface area contributed by atoms with E-state index in [-0.39, 0.29) is 23.3 Å². The predicted octanol–water partition coefficient (Wildman–Crippen LogP) is 4.15. The summed E-state index contributed by atoms with van der Waals surface area (Å²) in [5, 5.41) is 3.54. The molecule has 0 radical (unpaired) electrons. The van der Waals surface area contributed by atoms with E-state index < -0.39 is 0 Å². The van der Waals surface area contributed by atoms with Crippen molar-refractivity contribution in [2.45, 2.75) is 59.7 Å². The van der Waals surface area contributed by atoms with E-state index in [2.05, 4.69) is 54.3 Å². The standard InChI is InChI=1S/C20H25ClN4O/c1-11(2)25-10-16-17(19(25)26)23-20(21)24-18(16)22-14(5)9-15-7-6-12(3)8-13(15)4/h6-8,11,14H,9-10H2,1-5H3,(H,22,23,24). The van der Waals surface area contributed by atoms with Crippen molar-refractivity contribution < 1.29 is 4.79 Å². The average Bonchev–Trinajstić information content (AvgIpc) is 2.88. The minimum atomic E-state index is -0.0793. The molecule has 0 saturated heterocycles. The fourth-order valence-corrected chi connectivity index (χ4v) is 3.56. The smallest absolute Gasteiger partial charge is 0.273 e. The molecule has 138 valence electrons. The van der Waals surface area contributed by atoms with Gasteiger partial charge in [-0.2, -0.15) is 0 Å². The summed E-state index contributed by atoms with van der Waals surface area (Å²) in [6.45, 7) is 10.8. The maximum atomic E-state index is 12.5. The van der Waals surface area contributed by atoms with Crippen molar-refractivity contribution in [1.29, 1.82) is 0 Å². The number of carbonyl (C=O) groups is 1. The van der Waals surface area contributed by atoms with Crippen LogP contribution in [0.4, 0.5) is 5.82 Å². The molecular formula is C20H25ClN4O. The van der Waals surface area contributed by atoms with Gasteiger partial charge < -0.3 is 10.2 Å². The van der Waals surface area contributed by atoms with Crippen molar-refractivity contribution in [1.82, 2.24) is 14.9 Å². The molecule has 1 unspecified atom stereocenters.